The second-order valence-corrected chi connectivity index (χ2v) is 6.57. The number of aromatic nitrogens is 4. The first kappa shape index (κ1) is 16.5. The summed E-state index contributed by atoms with van der Waals surface area (Å²) in [5.41, 5.74) is 3.11. The van der Waals surface area contributed by atoms with E-state index in [9.17, 15) is 4.79 Å². The van der Waals surface area contributed by atoms with Crippen LogP contribution >= 0.6 is 0 Å². The van der Waals surface area contributed by atoms with E-state index in [0.717, 1.165) is 44.1 Å². The van der Waals surface area contributed by atoms with Crippen LogP contribution < -0.4 is 10.5 Å². The Balaban J connectivity index is 1.36. The molecule has 3 heterocycles. The molecule has 0 saturated carbocycles. The average molecular weight is 350 g/mol. The van der Waals surface area contributed by atoms with Gasteiger partial charge in [-0.1, -0.05) is 18.2 Å². The molecule has 4 rings (SSSR count). The summed E-state index contributed by atoms with van der Waals surface area (Å²) in [5.74, 6) is 0. The van der Waals surface area contributed by atoms with Gasteiger partial charge < -0.3 is 4.90 Å². The van der Waals surface area contributed by atoms with E-state index in [1.165, 1.54) is 10.2 Å². The number of anilines is 1. The van der Waals surface area contributed by atoms with Gasteiger partial charge in [0.2, 0.25) is 0 Å². The van der Waals surface area contributed by atoms with Gasteiger partial charge in [0, 0.05) is 57.6 Å². The molecule has 1 aromatic carbocycles. The molecule has 1 fully saturated rings. The summed E-state index contributed by atoms with van der Waals surface area (Å²) in [4.78, 5) is 16.4. The Morgan fingerprint density at radius 2 is 1.73 bits per heavy atom. The Bertz CT molecular complexity index is 924. The first-order valence-electron chi connectivity index (χ1n) is 8.79. The van der Waals surface area contributed by atoms with Crippen LogP contribution in [0.2, 0.25) is 0 Å². The summed E-state index contributed by atoms with van der Waals surface area (Å²) in [5, 5.41) is 8.58. The van der Waals surface area contributed by atoms with Crippen molar-refractivity contribution in [3.8, 4) is 5.69 Å². The fourth-order valence-corrected chi connectivity index (χ4v) is 3.22. The summed E-state index contributed by atoms with van der Waals surface area (Å²) in [6, 6.07) is 11.8. The zero-order valence-electron chi connectivity index (χ0n) is 14.8. The van der Waals surface area contributed by atoms with E-state index in [-0.39, 0.29) is 5.56 Å². The van der Waals surface area contributed by atoms with Crippen LogP contribution in [0, 0.1) is 0 Å². The minimum atomic E-state index is -0.0711. The van der Waals surface area contributed by atoms with Crippen LogP contribution in [-0.2, 0) is 13.6 Å². The van der Waals surface area contributed by atoms with Crippen molar-refractivity contribution in [3.63, 3.8) is 0 Å². The minimum Gasteiger partial charge on any atom is -0.368 e. The van der Waals surface area contributed by atoms with Gasteiger partial charge in [-0.05, 0) is 12.1 Å². The third kappa shape index (κ3) is 3.52. The molecule has 0 atom stereocenters. The van der Waals surface area contributed by atoms with E-state index in [0.29, 0.717) is 0 Å². The molecule has 7 heteroatoms. The molecular weight excluding hydrogens is 328 g/mol. The molecule has 0 bridgehead atoms. The molecule has 0 aliphatic carbocycles. The maximum atomic E-state index is 11.8. The van der Waals surface area contributed by atoms with Crippen molar-refractivity contribution in [1.82, 2.24) is 24.5 Å². The van der Waals surface area contributed by atoms with Gasteiger partial charge in [-0.25, -0.2) is 9.36 Å². The van der Waals surface area contributed by atoms with Crippen LogP contribution in [-0.4, -0.2) is 50.6 Å². The lowest BCUT2D eigenvalue weighted by Crippen LogP contribution is -2.46. The van der Waals surface area contributed by atoms with Crippen LogP contribution in [0.4, 0.5) is 5.69 Å². The van der Waals surface area contributed by atoms with Gasteiger partial charge in [0.05, 0.1) is 23.8 Å². The van der Waals surface area contributed by atoms with Gasteiger partial charge in [0.15, 0.2) is 0 Å². The van der Waals surface area contributed by atoms with Crippen LogP contribution in [0.15, 0.2) is 59.8 Å². The minimum absolute atomic E-state index is 0.0711. The normalized spacial score (nSPS) is 15.3. The number of nitrogens with zero attached hydrogens (tertiary/aromatic N) is 6. The molecule has 0 amide bonds. The summed E-state index contributed by atoms with van der Waals surface area (Å²) in [6.07, 6.45) is 5.79. The molecule has 134 valence electrons. The van der Waals surface area contributed by atoms with Crippen LogP contribution in [0.5, 0.6) is 0 Å². The molecular formula is C19H22N6O. The lowest BCUT2D eigenvalue weighted by Gasteiger charge is -2.35. The maximum Gasteiger partial charge on any atom is 0.268 e. The van der Waals surface area contributed by atoms with Crippen molar-refractivity contribution >= 4 is 5.69 Å². The van der Waals surface area contributed by atoms with Gasteiger partial charge >= 0.3 is 0 Å². The van der Waals surface area contributed by atoms with E-state index >= 15 is 0 Å². The molecule has 1 aliphatic rings. The fourth-order valence-electron chi connectivity index (χ4n) is 3.22. The average Bonchev–Trinajstić information content (AvgIpc) is 3.14. The molecule has 7 nitrogen and oxygen atoms in total. The van der Waals surface area contributed by atoms with E-state index in [4.69, 9.17) is 0 Å². The van der Waals surface area contributed by atoms with E-state index in [2.05, 4.69) is 26.2 Å². The Kier molecular flexibility index (Phi) is 4.53. The maximum absolute atomic E-state index is 11.8. The number of piperazine rings is 1. The fraction of sp³-hybridized carbons (Fsp3) is 0.316. The second kappa shape index (κ2) is 7.13. The number of aryl methyl sites for hydroxylation is 1. The third-order valence-corrected chi connectivity index (χ3v) is 4.75. The second-order valence-electron chi connectivity index (χ2n) is 6.57. The van der Waals surface area contributed by atoms with E-state index < -0.39 is 0 Å². The predicted molar refractivity (Wildman–Crippen MR) is 101 cm³/mol. The van der Waals surface area contributed by atoms with Gasteiger partial charge in [0.1, 0.15) is 0 Å². The highest BCUT2D eigenvalue weighted by Gasteiger charge is 2.18. The number of hydrogen-bond acceptors (Lipinski definition) is 5. The number of para-hydroxylation sites is 1. The quantitative estimate of drug-likeness (QED) is 0.710. The molecule has 26 heavy (non-hydrogen) atoms. The van der Waals surface area contributed by atoms with E-state index in [1.807, 2.05) is 41.2 Å². The van der Waals surface area contributed by atoms with Crippen LogP contribution in [0.25, 0.3) is 5.69 Å². The molecule has 0 spiro atoms. The van der Waals surface area contributed by atoms with Crippen molar-refractivity contribution in [2.45, 2.75) is 6.54 Å². The Labute approximate surface area is 152 Å². The lowest BCUT2D eigenvalue weighted by molar-refractivity contribution is 0.249. The third-order valence-electron chi connectivity index (χ3n) is 4.75. The highest BCUT2D eigenvalue weighted by atomic mass is 16.1. The zero-order chi connectivity index (χ0) is 17.9. The highest BCUT2D eigenvalue weighted by molar-refractivity contribution is 5.43. The summed E-state index contributed by atoms with van der Waals surface area (Å²) < 4.78 is 3.27. The van der Waals surface area contributed by atoms with Crippen molar-refractivity contribution in [2.24, 2.45) is 7.05 Å². The van der Waals surface area contributed by atoms with Crippen LogP contribution in [0.1, 0.15) is 5.56 Å². The SMILES string of the molecule is Cn1ncc(N2CCN(Cc3cnn(-c4ccccc4)c3)CC2)cc1=O. The standard InChI is InChI=1S/C19H22N6O/c1-22-19(26)11-18(13-20-22)24-9-7-23(8-10-24)14-16-12-21-25(15-16)17-5-3-2-4-6-17/h2-6,11-13,15H,7-10,14H2,1H3. The highest BCUT2D eigenvalue weighted by Crippen LogP contribution is 2.15. The predicted octanol–water partition coefficient (Wildman–Crippen LogP) is 1.29. The molecule has 2 aromatic heterocycles. The zero-order valence-corrected chi connectivity index (χ0v) is 14.8. The Morgan fingerprint density at radius 1 is 0.962 bits per heavy atom. The van der Waals surface area contributed by atoms with Gasteiger partial charge in [-0.15, -0.1) is 0 Å². The van der Waals surface area contributed by atoms with Crippen molar-refractivity contribution in [3.05, 3.63) is 70.9 Å². The Morgan fingerprint density at radius 3 is 2.46 bits per heavy atom. The first-order valence-corrected chi connectivity index (χ1v) is 8.79. The van der Waals surface area contributed by atoms with Crippen LogP contribution in [0.3, 0.4) is 0 Å². The molecule has 0 unspecified atom stereocenters. The summed E-state index contributed by atoms with van der Waals surface area (Å²) in [7, 11) is 1.67. The molecule has 1 aliphatic heterocycles. The molecule has 3 aromatic rings. The van der Waals surface area contributed by atoms with Gasteiger partial charge in [-0.3, -0.25) is 9.69 Å². The number of rotatable bonds is 4. The molecule has 1 saturated heterocycles. The molecule has 0 radical (unpaired) electrons. The van der Waals surface area contributed by atoms with Crippen molar-refractivity contribution < 1.29 is 0 Å². The molecule has 0 N–H and O–H groups in total. The smallest absolute Gasteiger partial charge is 0.268 e. The van der Waals surface area contributed by atoms with Gasteiger partial charge in [0.25, 0.3) is 5.56 Å². The first-order chi connectivity index (χ1) is 12.7. The van der Waals surface area contributed by atoms with E-state index in [1.54, 1.807) is 19.3 Å². The Hall–Kier alpha value is -2.93. The monoisotopic (exact) mass is 350 g/mol. The van der Waals surface area contributed by atoms with Crippen molar-refractivity contribution in [1.29, 1.82) is 0 Å². The number of benzene rings is 1. The topological polar surface area (TPSA) is 59.2 Å². The summed E-state index contributed by atoms with van der Waals surface area (Å²) >= 11 is 0. The summed E-state index contributed by atoms with van der Waals surface area (Å²) in [6.45, 7) is 4.57. The van der Waals surface area contributed by atoms with Gasteiger partial charge in [-0.2, -0.15) is 10.2 Å². The number of hydrogen-bond donors (Lipinski definition) is 0. The lowest BCUT2D eigenvalue weighted by atomic mass is 10.2. The largest absolute Gasteiger partial charge is 0.368 e. The van der Waals surface area contributed by atoms with Crippen molar-refractivity contribution in [2.75, 3.05) is 31.1 Å².